The quantitative estimate of drug-likeness (QED) is 0.854. The fourth-order valence-corrected chi connectivity index (χ4v) is 1.93. The van der Waals surface area contributed by atoms with Gasteiger partial charge in [0.1, 0.15) is 5.82 Å². The molecule has 0 spiro atoms. The van der Waals surface area contributed by atoms with Crippen molar-refractivity contribution in [1.29, 1.82) is 0 Å². The summed E-state index contributed by atoms with van der Waals surface area (Å²) in [5.74, 6) is 0.760. The first kappa shape index (κ1) is 16.1. The van der Waals surface area contributed by atoms with Crippen LogP contribution in [0.25, 0.3) is 0 Å². The van der Waals surface area contributed by atoms with Gasteiger partial charge in [0.05, 0.1) is 6.42 Å². The normalized spacial score (nSPS) is 12.1. The molecule has 0 aliphatic heterocycles. The Hall–Kier alpha value is -2.24. The molecule has 0 fully saturated rings. The van der Waals surface area contributed by atoms with E-state index >= 15 is 0 Å². The van der Waals surface area contributed by atoms with Gasteiger partial charge >= 0.3 is 0 Å². The van der Waals surface area contributed by atoms with Gasteiger partial charge in [-0.25, -0.2) is 4.39 Å². The number of amides is 1. The minimum absolute atomic E-state index is 0.0262. The van der Waals surface area contributed by atoms with Gasteiger partial charge in [0.25, 0.3) is 0 Å². The van der Waals surface area contributed by atoms with Crippen molar-refractivity contribution in [3.63, 3.8) is 0 Å². The summed E-state index contributed by atoms with van der Waals surface area (Å²) in [6, 6.07) is 6.33. The number of carbonyl (C=O) groups excluding carboxylic acids is 1. The number of benzene rings is 1. The van der Waals surface area contributed by atoms with Crippen molar-refractivity contribution in [2.45, 2.75) is 39.7 Å². The van der Waals surface area contributed by atoms with E-state index in [9.17, 15) is 9.18 Å². The first-order valence-corrected chi connectivity index (χ1v) is 7.40. The lowest BCUT2D eigenvalue weighted by Gasteiger charge is -2.04. The second kappa shape index (κ2) is 7.68. The predicted molar refractivity (Wildman–Crippen MR) is 79.4 cm³/mol. The number of rotatable bonds is 7. The molecule has 1 amide bonds. The van der Waals surface area contributed by atoms with Crippen LogP contribution in [-0.2, 0) is 24.2 Å². The molecule has 22 heavy (non-hydrogen) atoms. The lowest BCUT2D eigenvalue weighted by atomic mass is 10.1. The Morgan fingerprint density at radius 2 is 2.18 bits per heavy atom. The molecular formula is C16H20FN3O2. The molecule has 2 rings (SSSR count). The molecule has 0 aliphatic rings. The lowest BCUT2D eigenvalue weighted by Crippen LogP contribution is -2.25. The molecule has 1 aromatic carbocycles. The van der Waals surface area contributed by atoms with Crippen molar-refractivity contribution >= 4 is 5.91 Å². The van der Waals surface area contributed by atoms with E-state index in [0.717, 1.165) is 6.42 Å². The summed E-state index contributed by atoms with van der Waals surface area (Å²) in [5, 5.41) is 6.44. The molecule has 2 aromatic rings. The van der Waals surface area contributed by atoms with Crippen LogP contribution in [0.5, 0.6) is 0 Å². The highest BCUT2D eigenvalue weighted by Gasteiger charge is 2.13. The van der Waals surface area contributed by atoms with Crippen LogP contribution in [0.15, 0.2) is 28.8 Å². The summed E-state index contributed by atoms with van der Waals surface area (Å²) in [4.78, 5) is 16.0. The van der Waals surface area contributed by atoms with E-state index in [1.807, 2.05) is 0 Å². The molecule has 0 radical (unpaired) electrons. The molecule has 0 aliphatic carbocycles. The summed E-state index contributed by atoms with van der Waals surface area (Å²) < 4.78 is 18.6. The van der Waals surface area contributed by atoms with E-state index in [0.29, 0.717) is 29.6 Å². The van der Waals surface area contributed by atoms with Gasteiger partial charge < -0.3 is 9.84 Å². The third-order valence-electron chi connectivity index (χ3n) is 3.48. The Bertz CT molecular complexity index is 627. The molecule has 1 atom stereocenters. The summed E-state index contributed by atoms with van der Waals surface area (Å²) in [7, 11) is 0. The SMILES string of the molecule is CCC(C)Cc1nc(CC(=O)NCc2ccccc2F)no1. The van der Waals surface area contributed by atoms with E-state index in [1.165, 1.54) is 6.07 Å². The first-order chi connectivity index (χ1) is 10.6. The van der Waals surface area contributed by atoms with Gasteiger partial charge in [0.2, 0.25) is 11.8 Å². The van der Waals surface area contributed by atoms with Crippen LogP contribution < -0.4 is 5.32 Å². The lowest BCUT2D eigenvalue weighted by molar-refractivity contribution is -0.120. The topological polar surface area (TPSA) is 68.0 Å². The number of halogens is 1. The zero-order valence-electron chi connectivity index (χ0n) is 12.8. The Kier molecular flexibility index (Phi) is 5.63. The van der Waals surface area contributed by atoms with Crippen molar-refractivity contribution in [3.8, 4) is 0 Å². The zero-order valence-corrected chi connectivity index (χ0v) is 12.8. The standard InChI is InChI=1S/C16H20FN3O2/c1-3-11(2)8-16-19-14(20-22-16)9-15(21)18-10-12-6-4-5-7-13(12)17/h4-7,11H,3,8-10H2,1-2H3,(H,18,21). The van der Waals surface area contributed by atoms with Gasteiger partial charge in [-0.3, -0.25) is 4.79 Å². The highest BCUT2D eigenvalue weighted by molar-refractivity contribution is 5.77. The second-order valence-corrected chi connectivity index (χ2v) is 5.37. The Balaban J connectivity index is 1.83. The number of aromatic nitrogens is 2. The van der Waals surface area contributed by atoms with Crippen LogP contribution in [-0.4, -0.2) is 16.0 Å². The summed E-state index contributed by atoms with van der Waals surface area (Å²) >= 11 is 0. The Morgan fingerprint density at radius 3 is 2.91 bits per heavy atom. The number of hydrogen-bond donors (Lipinski definition) is 1. The second-order valence-electron chi connectivity index (χ2n) is 5.37. The number of hydrogen-bond acceptors (Lipinski definition) is 4. The highest BCUT2D eigenvalue weighted by Crippen LogP contribution is 2.10. The molecule has 0 bridgehead atoms. The molecule has 6 heteroatoms. The van der Waals surface area contributed by atoms with Crippen molar-refractivity contribution in [2.24, 2.45) is 5.92 Å². The van der Waals surface area contributed by atoms with E-state index in [1.54, 1.807) is 18.2 Å². The average Bonchev–Trinajstić information content (AvgIpc) is 2.93. The minimum atomic E-state index is -0.335. The van der Waals surface area contributed by atoms with E-state index in [4.69, 9.17) is 4.52 Å². The zero-order chi connectivity index (χ0) is 15.9. The molecule has 1 N–H and O–H groups in total. The molecule has 1 unspecified atom stereocenters. The molecule has 1 heterocycles. The van der Waals surface area contributed by atoms with Gasteiger partial charge in [-0.2, -0.15) is 4.98 Å². The molecule has 1 aromatic heterocycles. The van der Waals surface area contributed by atoms with E-state index < -0.39 is 0 Å². The number of carbonyl (C=O) groups is 1. The Morgan fingerprint density at radius 1 is 1.41 bits per heavy atom. The molecule has 118 valence electrons. The van der Waals surface area contributed by atoms with Gasteiger partial charge in [-0.1, -0.05) is 43.6 Å². The average molecular weight is 305 g/mol. The van der Waals surface area contributed by atoms with Crippen molar-refractivity contribution in [2.75, 3.05) is 0 Å². The fraction of sp³-hybridized carbons (Fsp3) is 0.438. The minimum Gasteiger partial charge on any atom is -0.352 e. The monoisotopic (exact) mass is 305 g/mol. The maximum absolute atomic E-state index is 13.4. The summed E-state index contributed by atoms with van der Waals surface area (Å²) in [6.07, 6.45) is 1.76. The van der Waals surface area contributed by atoms with E-state index in [2.05, 4.69) is 29.3 Å². The van der Waals surface area contributed by atoms with Gasteiger partial charge in [-0.15, -0.1) is 0 Å². The van der Waals surface area contributed by atoms with Crippen molar-refractivity contribution < 1.29 is 13.7 Å². The first-order valence-electron chi connectivity index (χ1n) is 7.40. The van der Waals surface area contributed by atoms with Crippen LogP contribution >= 0.6 is 0 Å². The van der Waals surface area contributed by atoms with Crippen LogP contribution in [0.3, 0.4) is 0 Å². The predicted octanol–water partition coefficient (Wildman–Crippen LogP) is 2.66. The van der Waals surface area contributed by atoms with Crippen LogP contribution in [0.1, 0.15) is 37.5 Å². The smallest absolute Gasteiger partial charge is 0.228 e. The highest BCUT2D eigenvalue weighted by atomic mass is 19.1. The van der Waals surface area contributed by atoms with E-state index in [-0.39, 0.29) is 24.7 Å². The maximum Gasteiger partial charge on any atom is 0.228 e. The van der Waals surface area contributed by atoms with Crippen LogP contribution in [0.2, 0.25) is 0 Å². The van der Waals surface area contributed by atoms with Gasteiger partial charge in [-0.05, 0) is 12.0 Å². The molecule has 0 saturated heterocycles. The largest absolute Gasteiger partial charge is 0.352 e. The number of nitrogens with zero attached hydrogens (tertiary/aromatic N) is 2. The van der Waals surface area contributed by atoms with Gasteiger partial charge in [0, 0.05) is 18.5 Å². The number of nitrogens with one attached hydrogen (secondary N) is 1. The maximum atomic E-state index is 13.4. The molecule has 5 nitrogen and oxygen atoms in total. The summed E-state index contributed by atoms with van der Waals surface area (Å²) in [5.41, 5.74) is 0.446. The third kappa shape index (κ3) is 4.65. The van der Waals surface area contributed by atoms with Gasteiger partial charge in [0.15, 0.2) is 5.82 Å². The van der Waals surface area contributed by atoms with Crippen LogP contribution in [0.4, 0.5) is 4.39 Å². The fourth-order valence-electron chi connectivity index (χ4n) is 1.93. The third-order valence-corrected chi connectivity index (χ3v) is 3.48. The molecular weight excluding hydrogens is 285 g/mol. The van der Waals surface area contributed by atoms with Crippen molar-refractivity contribution in [1.82, 2.24) is 15.5 Å². The summed E-state index contributed by atoms with van der Waals surface area (Å²) in [6.45, 7) is 4.34. The van der Waals surface area contributed by atoms with Crippen LogP contribution in [0, 0.1) is 11.7 Å². The Labute approximate surface area is 128 Å². The molecule has 0 saturated carbocycles. The van der Waals surface area contributed by atoms with Crippen molar-refractivity contribution in [3.05, 3.63) is 47.4 Å².